The summed E-state index contributed by atoms with van der Waals surface area (Å²) in [6.07, 6.45) is 6.03. The number of nitrogens with zero attached hydrogens (tertiary/aromatic N) is 5. The average Bonchev–Trinajstić information content (AvgIpc) is 3.24. The topological polar surface area (TPSA) is 76.6 Å². The Balaban J connectivity index is 1.59. The second-order valence-electron chi connectivity index (χ2n) is 8.27. The van der Waals surface area contributed by atoms with Gasteiger partial charge in [-0.25, -0.2) is 14.5 Å². The third-order valence-electron chi connectivity index (χ3n) is 5.63. The summed E-state index contributed by atoms with van der Waals surface area (Å²) >= 11 is 1.62. The molecule has 4 aromatic heterocycles. The summed E-state index contributed by atoms with van der Waals surface area (Å²) in [4.78, 5) is 24.1. The third kappa shape index (κ3) is 3.26. The summed E-state index contributed by atoms with van der Waals surface area (Å²) in [5, 5.41) is 8.21. The number of aryl methyl sites for hydroxylation is 2. The van der Waals surface area contributed by atoms with E-state index in [9.17, 15) is 4.79 Å². The van der Waals surface area contributed by atoms with Gasteiger partial charge in [0.15, 0.2) is 10.6 Å². The van der Waals surface area contributed by atoms with Gasteiger partial charge in [-0.3, -0.25) is 9.20 Å². The maximum atomic E-state index is 12.8. The largest absolute Gasteiger partial charge is 0.312 e. The number of aromatic nitrogens is 5. The summed E-state index contributed by atoms with van der Waals surface area (Å²) in [5.41, 5.74) is 3.97. The van der Waals surface area contributed by atoms with Crippen LogP contribution in [0.25, 0.3) is 22.0 Å². The fraction of sp³-hybridized carbons (Fsp3) is 0.429. The van der Waals surface area contributed by atoms with E-state index in [-0.39, 0.29) is 5.56 Å². The molecule has 5 rings (SSSR count). The predicted octanol–water partition coefficient (Wildman–Crippen LogP) is 3.33. The Morgan fingerprint density at radius 1 is 1.07 bits per heavy atom. The van der Waals surface area contributed by atoms with Gasteiger partial charge in [0.05, 0.1) is 17.6 Å². The van der Waals surface area contributed by atoms with Crippen LogP contribution in [0.2, 0.25) is 0 Å². The van der Waals surface area contributed by atoms with E-state index in [0.29, 0.717) is 29.4 Å². The zero-order valence-electron chi connectivity index (χ0n) is 17.0. The van der Waals surface area contributed by atoms with Crippen molar-refractivity contribution in [1.82, 2.24) is 29.3 Å². The van der Waals surface area contributed by atoms with Crippen molar-refractivity contribution in [3.05, 3.63) is 51.0 Å². The van der Waals surface area contributed by atoms with Crippen LogP contribution in [0.3, 0.4) is 0 Å². The van der Waals surface area contributed by atoms with Gasteiger partial charge in [0, 0.05) is 29.2 Å². The lowest BCUT2D eigenvalue weighted by atomic mass is 9.88. The Kier molecular flexibility index (Phi) is 4.29. The second-order valence-corrected chi connectivity index (χ2v) is 9.31. The van der Waals surface area contributed by atoms with Crippen molar-refractivity contribution in [2.45, 2.75) is 58.5 Å². The molecule has 0 aromatic carbocycles. The van der Waals surface area contributed by atoms with Crippen LogP contribution in [0.5, 0.6) is 0 Å². The van der Waals surface area contributed by atoms with Crippen LogP contribution >= 0.6 is 11.3 Å². The molecule has 5 heterocycles. The van der Waals surface area contributed by atoms with Crippen LogP contribution in [0.4, 0.5) is 0 Å². The summed E-state index contributed by atoms with van der Waals surface area (Å²) in [5.74, 6) is 0.460. The number of rotatable bonds is 2. The fourth-order valence-electron chi connectivity index (χ4n) is 4.41. The molecule has 2 atom stereocenters. The summed E-state index contributed by atoms with van der Waals surface area (Å²) in [7, 11) is 0. The minimum Gasteiger partial charge on any atom is -0.312 e. The minimum absolute atomic E-state index is 0.0658. The molecular weight excluding hydrogens is 384 g/mol. The molecule has 1 aliphatic heterocycles. The smallest absolute Gasteiger partial charge is 0.259 e. The molecule has 0 bridgehead atoms. The Hall–Kier alpha value is -2.58. The minimum atomic E-state index is -0.0658. The molecule has 0 radical (unpaired) electrons. The molecule has 0 amide bonds. The van der Waals surface area contributed by atoms with Gasteiger partial charge in [-0.1, -0.05) is 0 Å². The quantitative estimate of drug-likeness (QED) is 0.551. The zero-order valence-corrected chi connectivity index (χ0v) is 17.8. The van der Waals surface area contributed by atoms with Gasteiger partial charge >= 0.3 is 0 Å². The first-order chi connectivity index (χ1) is 13.9. The number of nitrogens with one attached hydrogen (secondary N) is 1. The molecule has 1 aliphatic rings. The zero-order chi connectivity index (χ0) is 20.3. The lowest BCUT2D eigenvalue weighted by Crippen LogP contribution is -2.41. The molecule has 4 aromatic rings. The molecule has 29 heavy (non-hydrogen) atoms. The summed E-state index contributed by atoms with van der Waals surface area (Å²) in [6, 6.07) is 4.48. The first kappa shape index (κ1) is 18.4. The molecule has 8 heteroatoms. The van der Waals surface area contributed by atoms with Crippen molar-refractivity contribution < 1.29 is 0 Å². The van der Waals surface area contributed by atoms with Gasteiger partial charge in [-0.05, 0) is 58.1 Å². The van der Waals surface area contributed by atoms with Gasteiger partial charge in [0.2, 0.25) is 0 Å². The fourth-order valence-corrected chi connectivity index (χ4v) is 5.53. The van der Waals surface area contributed by atoms with Gasteiger partial charge in [0.1, 0.15) is 5.69 Å². The first-order valence-corrected chi connectivity index (χ1v) is 10.8. The number of hydrogen-bond acceptors (Lipinski definition) is 6. The first-order valence-electron chi connectivity index (χ1n) is 10.0. The lowest BCUT2D eigenvalue weighted by molar-refractivity contribution is 0.319. The highest BCUT2D eigenvalue weighted by molar-refractivity contribution is 7.17. The number of imidazole rings is 1. The Morgan fingerprint density at radius 2 is 1.83 bits per heavy atom. The average molecular weight is 409 g/mol. The van der Waals surface area contributed by atoms with Crippen LogP contribution in [-0.2, 0) is 0 Å². The molecule has 0 spiro atoms. The SMILES string of the molecule is Cc1cn2nc(-c3cc(=O)n4cc(C5C[C@H](C)N[C@@H](C)C5)sc4n3)cc(C)c2n1. The highest BCUT2D eigenvalue weighted by Gasteiger charge is 2.26. The number of thiazole rings is 1. The molecule has 0 saturated carbocycles. The Labute approximate surface area is 172 Å². The van der Waals surface area contributed by atoms with Crippen molar-refractivity contribution in [3.63, 3.8) is 0 Å². The number of fused-ring (bicyclic) bond motifs is 2. The maximum absolute atomic E-state index is 12.8. The van der Waals surface area contributed by atoms with E-state index >= 15 is 0 Å². The molecule has 1 saturated heterocycles. The molecule has 1 fully saturated rings. The van der Waals surface area contributed by atoms with Crippen molar-refractivity contribution in [3.8, 4) is 11.4 Å². The van der Waals surface area contributed by atoms with Gasteiger partial charge in [-0.2, -0.15) is 5.10 Å². The van der Waals surface area contributed by atoms with E-state index in [1.165, 1.54) is 4.88 Å². The summed E-state index contributed by atoms with van der Waals surface area (Å²) < 4.78 is 3.44. The van der Waals surface area contributed by atoms with E-state index in [1.807, 2.05) is 32.3 Å². The number of hydrogen-bond donors (Lipinski definition) is 1. The van der Waals surface area contributed by atoms with Crippen LogP contribution in [-0.4, -0.2) is 36.1 Å². The van der Waals surface area contributed by atoms with E-state index in [2.05, 4.69) is 29.2 Å². The number of piperidine rings is 1. The van der Waals surface area contributed by atoms with Crippen molar-refractivity contribution in [1.29, 1.82) is 0 Å². The molecule has 150 valence electrons. The van der Waals surface area contributed by atoms with Crippen molar-refractivity contribution in [2.24, 2.45) is 0 Å². The summed E-state index contributed by atoms with van der Waals surface area (Å²) in [6.45, 7) is 8.39. The van der Waals surface area contributed by atoms with Crippen molar-refractivity contribution in [2.75, 3.05) is 0 Å². The highest BCUT2D eigenvalue weighted by Crippen LogP contribution is 2.34. The van der Waals surface area contributed by atoms with E-state index in [0.717, 1.165) is 34.7 Å². The molecule has 7 nitrogen and oxygen atoms in total. The van der Waals surface area contributed by atoms with Crippen LogP contribution in [0, 0.1) is 13.8 Å². The lowest BCUT2D eigenvalue weighted by Gasteiger charge is -2.32. The monoisotopic (exact) mass is 408 g/mol. The maximum Gasteiger partial charge on any atom is 0.259 e. The van der Waals surface area contributed by atoms with Gasteiger partial charge < -0.3 is 5.32 Å². The molecule has 0 unspecified atom stereocenters. The Bertz CT molecular complexity index is 1280. The van der Waals surface area contributed by atoms with E-state index < -0.39 is 0 Å². The van der Waals surface area contributed by atoms with Crippen LogP contribution in [0.15, 0.2) is 29.3 Å². The van der Waals surface area contributed by atoms with Crippen LogP contribution < -0.4 is 10.9 Å². The molecule has 0 aliphatic carbocycles. The molecule has 1 N–H and O–H groups in total. The third-order valence-corrected chi connectivity index (χ3v) is 6.77. The van der Waals surface area contributed by atoms with Gasteiger partial charge in [-0.15, -0.1) is 11.3 Å². The normalized spacial score (nSPS) is 22.6. The van der Waals surface area contributed by atoms with Crippen LogP contribution in [0.1, 0.15) is 48.7 Å². The molecular formula is C21H24N6OS. The Morgan fingerprint density at radius 3 is 2.59 bits per heavy atom. The second kappa shape index (κ2) is 6.74. The predicted molar refractivity (Wildman–Crippen MR) is 115 cm³/mol. The highest BCUT2D eigenvalue weighted by atomic mass is 32.1. The van der Waals surface area contributed by atoms with E-state index in [4.69, 9.17) is 4.98 Å². The van der Waals surface area contributed by atoms with Crippen molar-refractivity contribution >= 4 is 21.9 Å². The van der Waals surface area contributed by atoms with E-state index in [1.54, 1.807) is 26.3 Å². The van der Waals surface area contributed by atoms with Gasteiger partial charge in [0.25, 0.3) is 5.56 Å². The standard InChI is InChI=1S/C21H24N6OS/c1-11-5-17(25-27-9-14(4)23-20(11)27)16-8-19(28)26-10-18(29-21(26)24-16)15-6-12(2)22-13(3)7-15/h5,8-10,12-13,15,22H,6-7H2,1-4H3/t12-,13-/m0/s1.